The van der Waals surface area contributed by atoms with Crippen molar-refractivity contribution < 1.29 is 4.74 Å². The van der Waals surface area contributed by atoms with Crippen LogP contribution < -0.4 is 15.2 Å². The average Bonchev–Trinajstić information content (AvgIpc) is 2.82. The summed E-state index contributed by atoms with van der Waals surface area (Å²) in [5, 5.41) is 0. The van der Waals surface area contributed by atoms with Crippen LogP contribution in [0.1, 0.15) is 22.4 Å². The molecule has 126 valence electrons. The van der Waals surface area contributed by atoms with Crippen molar-refractivity contribution in [3.05, 3.63) is 81.5 Å². The number of fused-ring (bicyclic) bond motifs is 2. The Labute approximate surface area is 145 Å². The predicted molar refractivity (Wildman–Crippen MR) is 94.8 cm³/mol. The van der Waals surface area contributed by atoms with E-state index in [0.717, 1.165) is 16.9 Å². The minimum absolute atomic E-state index is 0.113. The van der Waals surface area contributed by atoms with Gasteiger partial charge >= 0.3 is 0 Å². The summed E-state index contributed by atoms with van der Waals surface area (Å²) >= 11 is 0. The van der Waals surface area contributed by atoms with Gasteiger partial charge in [-0.2, -0.15) is 0 Å². The van der Waals surface area contributed by atoms with Crippen molar-refractivity contribution in [1.82, 2.24) is 15.0 Å². The number of aromatic amines is 1. The number of ether oxygens (including phenoxy) is 1. The maximum atomic E-state index is 12.6. The molecule has 6 nitrogen and oxygen atoms in total. The molecule has 0 radical (unpaired) electrons. The van der Waals surface area contributed by atoms with E-state index in [-0.39, 0.29) is 5.56 Å². The fourth-order valence-electron chi connectivity index (χ4n) is 2.98. The molecular formula is C19H18N4O2. The summed E-state index contributed by atoms with van der Waals surface area (Å²) in [5.74, 6) is 1.34. The number of aromatic nitrogens is 3. The van der Waals surface area contributed by atoms with Crippen molar-refractivity contribution in [2.75, 3.05) is 11.9 Å². The van der Waals surface area contributed by atoms with E-state index in [9.17, 15) is 4.79 Å². The van der Waals surface area contributed by atoms with Gasteiger partial charge in [-0.3, -0.25) is 14.8 Å². The zero-order valence-electron chi connectivity index (χ0n) is 13.9. The number of pyridine rings is 1. The lowest BCUT2D eigenvalue weighted by molar-refractivity contribution is 0.302. The summed E-state index contributed by atoms with van der Waals surface area (Å²) in [6.07, 6.45) is 4.07. The first-order valence-electron chi connectivity index (χ1n) is 8.13. The van der Waals surface area contributed by atoms with Gasteiger partial charge in [0.25, 0.3) is 5.56 Å². The van der Waals surface area contributed by atoms with Crippen molar-refractivity contribution in [3.8, 4) is 5.75 Å². The molecule has 0 spiro atoms. The molecule has 3 aromatic rings. The van der Waals surface area contributed by atoms with Crippen LogP contribution in [0.3, 0.4) is 0 Å². The molecule has 25 heavy (non-hydrogen) atoms. The number of anilines is 1. The monoisotopic (exact) mass is 334 g/mol. The van der Waals surface area contributed by atoms with Crippen LogP contribution in [-0.2, 0) is 19.6 Å². The number of hydrogen-bond acceptors (Lipinski definition) is 5. The quantitative estimate of drug-likeness (QED) is 0.796. The van der Waals surface area contributed by atoms with Gasteiger partial charge in [0, 0.05) is 38.0 Å². The third-order valence-corrected chi connectivity index (χ3v) is 4.30. The Morgan fingerprint density at radius 3 is 2.96 bits per heavy atom. The van der Waals surface area contributed by atoms with Crippen LogP contribution in [0.15, 0.2) is 53.6 Å². The normalized spacial score (nSPS) is 12.5. The fourth-order valence-corrected chi connectivity index (χ4v) is 2.98. The van der Waals surface area contributed by atoms with Gasteiger partial charge in [-0.25, -0.2) is 4.98 Å². The van der Waals surface area contributed by atoms with Gasteiger partial charge in [-0.05, 0) is 23.3 Å². The molecule has 0 atom stereocenters. The van der Waals surface area contributed by atoms with Gasteiger partial charge in [-0.15, -0.1) is 0 Å². The summed E-state index contributed by atoms with van der Waals surface area (Å²) in [7, 11) is 1.89. The third-order valence-electron chi connectivity index (χ3n) is 4.30. The van der Waals surface area contributed by atoms with Crippen LogP contribution in [0.4, 0.5) is 5.95 Å². The summed E-state index contributed by atoms with van der Waals surface area (Å²) < 4.78 is 5.84. The highest BCUT2D eigenvalue weighted by molar-refractivity contribution is 5.42. The van der Waals surface area contributed by atoms with Crippen molar-refractivity contribution in [3.63, 3.8) is 0 Å². The molecule has 0 amide bonds. The van der Waals surface area contributed by atoms with Crippen LogP contribution in [0.5, 0.6) is 5.75 Å². The first kappa shape index (κ1) is 15.4. The molecule has 1 aromatic carbocycles. The molecule has 1 aliphatic heterocycles. The lowest BCUT2D eigenvalue weighted by Gasteiger charge is -2.18. The second kappa shape index (κ2) is 6.39. The number of nitrogens with zero attached hydrogens (tertiary/aromatic N) is 3. The van der Waals surface area contributed by atoms with Crippen molar-refractivity contribution in [2.45, 2.75) is 19.6 Å². The molecule has 6 heteroatoms. The minimum atomic E-state index is -0.113. The lowest BCUT2D eigenvalue weighted by atomic mass is 10.1. The second-order valence-corrected chi connectivity index (χ2v) is 6.11. The highest BCUT2D eigenvalue weighted by atomic mass is 16.5. The number of para-hydroxylation sites is 1. The third kappa shape index (κ3) is 3.10. The predicted octanol–water partition coefficient (Wildman–Crippen LogP) is 2.28. The van der Waals surface area contributed by atoms with Crippen molar-refractivity contribution in [2.24, 2.45) is 0 Å². The molecule has 4 rings (SSSR count). The summed E-state index contributed by atoms with van der Waals surface area (Å²) in [4.78, 5) is 26.2. The first-order valence-corrected chi connectivity index (χ1v) is 8.13. The van der Waals surface area contributed by atoms with Crippen LogP contribution in [0.25, 0.3) is 0 Å². The number of hydrogen-bond donors (Lipinski definition) is 1. The number of rotatable bonds is 3. The SMILES string of the molecule is CN(Cc1cccnc1)c1nc2c(c(=O)[nH]1)Cc1ccccc1OC2. The zero-order chi connectivity index (χ0) is 17.2. The zero-order valence-corrected chi connectivity index (χ0v) is 13.9. The molecule has 0 aliphatic carbocycles. The Bertz CT molecular complexity index is 953. The Hall–Kier alpha value is -3.15. The van der Waals surface area contributed by atoms with Crippen LogP contribution >= 0.6 is 0 Å². The number of H-pyrrole nitrogens is 1. The Morgan fingerprint density at radius 2 is 2.12 bits per heavy atom. The molecule has 2 aromatic heterocycles. The maximum Gasteiger partial charge on any atom is 0.256 e. The van der Waals surface area contributed by atoms with Crippen molar-refractivity contribution in [1.29, 1.82) is 0 Å². The molecule has 1 N–H and O–H groups in total. The van der Waals surface area contributed by atoms with Gasteiger partial charge in [0.05, 0.1) is 5.69 Å². The van der Waals surface area contributed by atoms with E-state index in [4.69, 9.17) is 4.74 Å². The highest BCUT2D eigenvalue weighted by Crippen LogP contribution is 2.26. The van der Waals surface area contributed by atoms with Crippen LogP contribution in [0.2, 0.25) is 0 Å². The lowest BCUT2D eigenvalue weighted by Crippen LogP contribution is -2.26. The smallest absolute Gasteiger partial charge is 0.256 e. The molecule has 0 saturated heterocycles. The van der Waals surface area contributed by atoms with Crippen molar-refractivity contribution >= 4 is 5.95 Å². The van der Waals surface area contributed by atoms with E-state index in [1.807, 2.05) is 48.3 Å². The molecule has 0 bridgehead atoms. The van der Waals surface area contributed by atoms with Gasteiger partial charge in [0.2, 0.25) is 5.95 Å². The van der Waals surface area contributed by atoms with E-state index in [0.29, 0.717) is 36.8 Å². The molecule has 0 saturated carbocycles. The molecule has 0 unspecified atom stereocenters. The van der Waals surface area contributed by atoms with E-state index >= 15 is 0 Å². The Balaban J connectivity index is 1.65. The second-order valence-electron chi connectivity index (χ2n) is 6.11. The summed E-state index contributed by atoms with van der Waals surface area (Å²) in [6, 6.07) is 11.7. The minimum Gasteiger partial charge on any atom is -0.487 e. The molecular weight excluding hydrogens is 316 g/mol. The summed E-state index contributed by atoms with van der Waals surface area (Å²) in [5.41, 5.74) is 3.30. The number of benzene rings is 1. The van der Waals surface area contributed by atoms with Crippen LogP contribution in [0, 0.1) is 0 Å². The van der Waals surface area contributed by atoms with Gasteiger partial charge < -0.3 is 9.64 Å². The van der Waals surface area contributed by atoms with E-state index in [1.165, 1.54) is 0 Å². The van der Waals surface area contributed by atoms with Crippen LogP contribution in [-0.4, -0.2) is 22.0 Å². The highest BCUT2D eigenvalue weighted by Gasteiger charge is 2.20. The maximum absolute atomic E-state index is 12.6. The van der Waals surface area contributed by atoms with E-state index in [1.54, 1.807) is 12.4 Å². The summed E-state index contributed by atoms with van der Waals surface area (Å²) in [6.45, 7) is 0.903. The average molecular weight is 334 g/mol. The van der Waals surface area contributed by atoms with E-state index < -0.39 is 0 Å². The van der Waals surface area contributed by atoms with Gasteiger partial charge in [0.15, 0.2) is 0 Å². The molecule has 1 aliphatic rings. The Morgan fingerprint density at radius 1 is 1.24 bits per heavy atom. The fraction of sp³-hybridized carbons (Fsp3) is 0.211. The Kier molecular flexibility index (Phi) is 3.93. The molecule has 3 heterocycles. The topological polar surface area (TPSA) is 71.1 Å². The van der Waals surface area contributed by atoms with Gasteiger partial charge in [-0.1, -0.05) is 24.3 Å². The molecule has 0 fully saturated rings. The largest absolute Gasteiger partial charge is 0.487 e. The standard InChI is InChI=1S/C19H18N4O2/c1-23(11-13-5-4-8-20-10-13)19-21-16-12-25-17-7-3-2-6-14(17)9-15(16)18(24)22-19/h2-8,10H,9,11-12H2,1H3,(H,21,22,24). The van der Waals surface area contributed by atoms with Gasteiger partial charge in [0.1, 0.15) is 12.4 Å². The number of nitrogens with one attached hydrogen (secondary N) is 1. The first-order chi connectivity index (χ1) is 12.2. The van der Waals surface area contributed by atoms with E-state index in [2.05, 4.69) is 15.0 Å².